The average Bonchev–Trinajstić information content (AvgIpc) is 3.11. The molecule has 1 fully saturated rings. The van der Waals surface area contributed by atoms with Gasteiger partial charge in [0.1, 0.15) is 11.6 Å². The van der Waals surface area contributed by atoms with E-state index in [2.05, 4.69) is 14.9 Å². The molecule has 0 saturated carbocycles. The van der Waals surface area contributed by atoms with Gasteiger partial charge in [0.25, 0.3) is 5.91 Å². The van der Waals surface area contributed by atoms with Crippen LogP contribution in [-0.4, -0.2) is 58.7 Å². The number of nitrogens with zero attached hydrogens (tertiary/aromatic N) is 5. The largest absolute Gasteiger partial charge is 0.384 e. The number of rotatable bonds is 7. The van der Waals surface area contributed by atoms with Crippen molar-refractivity contribution in [2.75, 3.05) is 38.3 Å². The highest BCUT2D eigenvalue weighted by Crippen LogP contribution is 2.22. The van der Waals surface area contributed by atoms with Gasteiger partial charge in [0, 0.05) is 52.4 Å². The molecule has 146 valence electrons. The predicted molar refractivity (Wildman–Crippen MR) is 105 cm³/mol. The van der Waals surface area contributed by atoms with Gasteiger partial charge in [0.15, 0.2) is 0 Å². The summed E-state index contributed by atoms with van der Waals surface area (Å²) < 4.78 is 7.24. The lowest BCUT2D eigenvalue weighted by atomic mass is 9.99. The molecule has 1 amide bonds. The Morgan fingerprint density at radius 1 is 1.37 bits per heavy atom. The third-order valence-corrected chi connectivity index (χ3v) is 5.16. The highest BCUT2D eigenvalue weighted by atomic mass is 16.5. The maximum Gasteiger partial charge on any atom is 0.255 e. The van der Waals surface area contributed by atoms with Crippen molar-refractivity contribution in [2.45, 2.75) is 26.3 Å². The van der Waals surface area contributed by atoms with Gasteiger partial charge in [-0.1, -0.05) is 0 Å². The van der Waals surface area contributed by atoms with Crippen LogP contribution in [-0.2, 0) is 18.3 Å². The maximum atomic E-state index is 12.9. The van der Waals surface area contributed by atoms with Crippen molar-refractivity contribution >= 4 is 11.7 Å². The normalized spacial score (nSPS) is 17.1. The fourth-order valence-electron chi connectivity index (χ4n) is 3.57. The first-order valence-corrected chi connectivity index (χ1v) is 9.57. The van der Waals surface area contributed by atoms with Crippen LogP contribution in [0.3, 0.4) is 0 Å². The Kier molecular flexibility index (Phi) is 6.45. The van der Waals surface area contributed by atoms with E-state index < -0.39 is 0 Å². The van der Waals surface area contributed by atoms with Crippen molar-refractivity contribution in [3.63, 3.8) is 0 Å². The molecule has 0 spiro atoms. The monoisotopic (exact) mass is 371 g/mol. The van der Waals surface area contributed by atoms with E-state index in [1.54, 1.807) is 24.4 Å². The van der Waals surface area contributed by atoms with Crippen molar-refractivity contribution in [1.82, 2.24) is 19.4 Å². The van der Waals surface area contributed by atoms with Gasteiger partial charge in [-0.15, -0.1) is 0 Å². The Labute approximate surface area is 161 Å². The number of piperidine rings is 1. The number of carbonyl (C=O) groups excluding carboxylic acids is 1. The fraction of sp³-hybridized carbons (Fsp3) is 0.550. The lowest BCUT2D eigenvalue weighted by molar-refractivity contribution is 0.0747. The van der Waals surface area contributed by atoms with Gasteiger partial charge in [-0.25, -0.2) is 9.97 Å². The van der Waals surface area contributed by atoms with E-state index in [0.29, 0.717) is 24.6 Å². The second-order valence-corrected chi connectivity index (χ2v) is 7.09. The number of carbonyl (C=O) groups is 1. The summed E-state index contributed by atoms with van der Waals surface area (Å²) in [5, 5.41) is 0. The first-order valence-electron chi connectivity index (χ1n) is 9.57. The zero-order valence-electron chi connectivity index (χ0n) is 16.5. The molecule has 0 aliphatic carbocycles. The Morgan fingerprint density at radius 3 is 2.85 bits per heavy atom. The maximum absolute atomic E-state index is 12.9. The van der Waals surface area contributed by atoms with Crippen LogP contribution < -0.4 is 4.90 Å². The van der Waals surface area contributed by atoms with E-state index in [-0.39, 0.29) is 5.91 Å². The summed E-state index contributed by atoms with van der Waals surface area (Å²) in [7, 11) is 3.69. The molecule has 2 aromatic rings. The average molecular weight is 371 g/mol. The third-order valence-electron chi connectivity index (χ3n) is 5.16. The highest BCUT2D eigenvalue weighted by molar-refractivity contribution is 5.94. The number of imidazole rings is 1. The Balaban J connectivity index is 1.66. The standard InChI is InChI=1S/C20H29N5O2/c1-4-24(14-19-21-9-11-23(19)2)20(26)17-7-8-18(22-12-17)25-10-5-6-16(13-25)15-27-3/h7-9,11-12,16H,4-6,10,13-15H2,1-3H3/t16-/m1/s1. The topological polar surface area (TPSA) is 63.5 Å². The van der Waals surface area contributed by atoms with E-state index in [1.165, 1.54) is 6.42 Å². The van der Waals surface area contributed by atoms with E-state index in [0.717, 1.165) is 37.8 Å². The molecule has 1 aliphatic heterocycles. The number of hydrogen-bond donors (Lipinski definition) is 0. The molecule has 1 atom stereocenters. The predicted octanol–water partition coefficient (Wildman–Crippen LogP) is 2.34. The quantitative estimate of drug-likeness (QED) is 0.748. The minimum Gasteiger partial charge on any atom is -0.384 e. The Hall–Kier alpha value is -2.41. The molecule has 1 aliphatic rings. The lowest BCUT2D eigenvalue weighted by Crippen LogP contribution is -2.37. The summed E-state index contributed by atoms with van der Waals surface area (Å²) >= 11 is 0. The van der Waals surface area contributed by atoms with E-state index >= 15 is 0 Å². The van der Waals surface area contributed by atoms with Crippen molar-refractivity contribution in [2.24, 2.45) is 13.0 Å². The Morgan fingerprint density at radius 2 is 2.22 bits per heavy atom. The van der Waals surface area contributed by atoms with Gasteiger partial charge < -0.3 is 19.1 Å². The fourth-order valence-corrected chi connectivity index (χ4v) is 3.57. The molecule has 0 unspecified atom stereocenters. The van der Waals surface area contributed by atoms with Crippen molar-refractivity contribution in [1.29, 1.82) is 0 Å². The van der Waals surface area contributed by atoms with Crippen molar-refractivity contribution < 1.29 is 9.53 Å². The van der Waals surface area contributed by atoms with Gasteiger partial charge >= 0.3 is 0 Å². The van der Waals surface area contributed by atoms with Gasteiger partial charge in [-0.05, 0) is 37.8 Å². The molecule has 27 heavy (non-hydrogen) atoms. The highest BCUT2D eigenvalue weighted by Gasteiger charge is 2.22. The first-order chi connectivity index (χ1) is 13.1. The molecular weight excluding hydrogens is 342 g/mol. The van der Waals surface area contributed by atoms with Gasteiger partial charge in [-0.2, -0.15) is 0 Å². The summed E-state index contributed by atoms with van der Waals surface area (Å²) in [5.74, 6) is 2.32. The van der Waals surface area contributed by atoms with Crippen LogP contribution in [0.25, 0.3) is 0 Å². The summed E-state index contributed by atoms with van der Waals surface area (Å²) in [6, 6.07) is 3.84. The zero-order valence-corrected chi connectivity index (χ0v) is 16.5. The lowest BCUT2D eigenvalue weighted by Gasteiger charge is -2.33. The molecule has 3 heterocycles. The summed E-state index contributed by atoms with van der Waals surface area (Å²) in [4.78, 5) is 25.8. The number of methoxy groups -OCH3 is 1. The molecule has 3 rings (SSSR count). The first kappa shape index (κ1) is 19.4. The van der Waals surface area contributed by atoms with E-state index in [4.69, 9.17) is 4.74 Å². The number of aromatic nitrogens is 3. The molecule has 2 aromatic heterocycles. The summed E-state index contributed by atoms with van der Waals surface area (Å²) in [5.41, 5.74) is 0.611. The van der Waals surface area contributed by atoms with Crippen LogP contribution in [0.1, 0.15) is 35.9 Å². The van der Waals surface area contributed by atoms with Crippen molar-refractivity contribution in [3.8, 4) is 0 Å². The molecular formula is C20H29N5O2. The molecule has 7 heteroatoms. The van der Waals surface area contributed by atoms with Crippen LogP contribution >= 0.6 is 0 Å². The zero-order chi connectivity index (χ0) is 19.2. The van der Waals surface area contributed by atoms with Gasteiger partial charge in [0.2, 0.25) is 0 Å². The second kappa shape index (κ2) is 8.99. The van der Waals surface area contributed by atoms with Crippen LogP contribution in [0, 0.1) is 5.92 Å². The number of ether oxygens (including phenoxy) is 1. The van der Waals surface area contributed by atoms with Crippen LogP contribution in [0.4, 0.5) is 5.82 Å². The molecule has 0 N–H and O–H groups in total. The van der Waals surface area contributed by atoms with Crippen molar-refractivity contribution in [3.05, 3.63) is 42.1 Å². The molecule has 0 aromatic carbocycles. The van der Waals surface area contributed by atoms with E-state index in [9.17, 15) is 4.79 Å². The van der Waals surface area contributed by atoms with Gasteiger partial charge in [-0.3, -0.25) is 4.79 Å². The molecule has 7 nitrogen and oxygen atoms in total. The minimum absolute atomic E-state index is 0.0181. The Bertz CT molecular complexity index is 741. The smallest absolute Gasteiger partial charge is 0.255 e. The molecule has 0 bridgehead atoms. The SMILES string of the molecule is CCN(Cc1nccn1C)C(=O)c1ccc(N2CCC[C@@H](COC)C2)nc1. The summed E-state index contributed by atoms with van der Waals surface area (Å²) in [6.45, 7) is 5.83. The van der Waals surface area contributed by atoms with Crippen LogP contribution in [0.15, 0.2) is 30.7 Å². The number of anilines is 1. The number of amides is 1. The molecule has 0 radical (unpaired) electrons. The van der Waals surface area contributed by atoms with Crippen LogP contribution in [0.5, 0.6) is 0 Å². The minimum atomic E-state index is -0.0181. The number of hydrogen-bond acceptors (Lipinski definition) is 5. The molecule has 1 saturated heterocycles. The number of pyridine rings is 1. The van der Waals surface area contributed by atoms with Crippen LogP contribution in [0.2, 0.25) is 0 Å². The summed E-state index contributed by atoms with van der Waals surface area (Å²) in [6.07, 6.45) is 7.67. The van der Waals surface area contributed by atoms with Gasteiger partial charge in [0.05, 0.1) is 18.7 Å². The third kappa shape index (κ3) is 4.66. The van der Waals surface area contributed by atoms with E-state index in [1.807, 2.05) is 36.9 Å². The second-order valence-electron chi connectivity index (χ2n) is 7.09. The number of aryl methyl sites for hydroxylation is 1.